The Labute approximate surface area is 164 Å². The van der Waals surface area contributed by atoms with Gasteiger partial charge in [0.25, 0.3) is 5.91 Å². The van der Waals surface area contributed by atoms with Gasteiger partial charge < -0.3 is 5.32 Å². The molecule has 0 spiro atoms. The third-order valence-electron chi connectivity index (χ3n) is 4.10. The van der Waals surface area contributed by atoms with Crippen LogP contribution in [0.2, 0.25) is 5.02 Å². The summed E-state index contributed by atoms with van der Waals surface area (Å²) < 4.78 is 0.930. The first-order valence-corrected chi connectivity index (χ1v) is 9.41. The zero-order valence-electron chi connectivity index (χ0n) is 14.0. The summed E-state index contributed by atoms with van der Waals surface area (Å²) >= 11 is 7.55. The van der Waals surface area contributed by atoms with E-state index in [-0.39, 0.29) is 11.7 Å². The van der Waals surface area contributed by atoms with Crippen LogP contribution in [0, 0.1) is 0 Å². The second kappa shape index (κ2) is 7.31. The number of hydrogen-bond acceptors (Lipinski definition) is 4. The molecule has 6 heteroatoms. The number of carbonyl (C=O) groups excluding carboxylic acids is 2. The van der Waals surface area contributed by atoms with Crippen molar-refractivity contribution in [2.24, 2.45) is 0 Å². The third-order valence-corrected chi connectivity index (χ3v) is 5.13. The lowest BCUT2D eigenvalue weighted by atomic mass is 10.0. The number of benzene rings is 3. The van der Waals surface area contributed by atoms with Crippen molar-refractivity contribution < 1.29 is 9.59 Å². The van der Waals surface area contributed by atoms with Crippen molar-refractivity contribution in [3.8, 4) is 0 Å². The number of fused-ring (bicyclic) bond motifs is 1. The predicted octanol–water partition coefficient (Wildman–Crippen LogP) is 5.43. The van der Waals surface area contributed by atoms with E-state index in [1.54, 1.807) is 66.2 Å². The zero-order valence-corrected chi connectivity index (χ0v) is 15.6. The average molecular weight is 393 g/mol. The minimum Gasteiger partial charge on any atom is -0.321 e. The van der Waals surface area contributed by atoms with Crippen molar-refractivity contribution in [2.45, 2.75) is 0 Å². The van der Waals surface area contributed by atoms with Crippen LogP contribution in [-0.4, -0.2) is 16.7 Å². The van der Waals surface area contributed by atoms with E-state index < -0.39 is 0 Å². The summed E-state index contributed by atoms with van der Waals surface area (Å²) in [5.74, 6) is -0.499. The number of halogens is 1. The highest BCUT2D eigenvalue weighted by Crippen LogP contribution is 2.25. The van der Waals surface area contributed by atoms with Gasteiger partial charge in [-0.05, 0) is 36.4 Å². The largest absolute Gasteiger partial charge is 0.321 e. The molecule has 1 heterocycles. The van der Waals surface area contributed by atoms with Gasteiger partial charge in [0, 0.05) is 21.7 Å². The highest BCUT2D eigenvalue weighted by Gasteiger charge is 2.17. The minimum atomic E-state index is -0.297. The highest BCUT2D eigenvalue weighted by molar-refractivity contribution is 7.16. The summed E-state index contributed by atoms with van der Waals surface area (Å²) in [6.45, 7) is 0. The van der Waals surface area contributed by atoms with E-state index in [9.17, 15) is 9.59 Å². The van der Waals surface area contributed by atoms with Gasteiger partial charge in [-0.25, -0.2) is 4.98 Å². The molecule has 132 valence electrons. The minimum absolute atomic E-state index is 0.202. The Morgan fingerprint density at radius 3 is 2.56 bits per heavy atom. The molecule has 0 aliphatic heterocycles. The molecule has 1 amide bonds. The SMILES string of the molecule is O=C(Nc1ccc(Cl)cc1C(=O)c1ccccc1)c1ccc2ncsc2c1. The first-order chi connectivity index (χ1) is 13.1. The van der Waals surface area contributed by atoms with E-state index in [0.717, 1.165) is 10.2 Å². The average Bonchev–Trinajstić information content (AvgIpc) is 3.17. The molecule has 0 aliphatic carbocycles. The van der Waals surface area contributed by atoms with E-state index in [1.165, 1.54) is 11.3 Å². The van der Waals surface area contributed by atoms with Gasteiger partial charge in [0.15, 0.2) is 5.78 Å². The summed E-state index contributed by atoms with van der Waals surface area (Å²) in [4.78, 5) is 29.8. The fourth-order valence-electron chi connectivity index (χ4n) is 2.75. The van der Waals surface area contributed by atoms with Gasteiger partial charge in [0.05, 0.1) is 21.4 Å². The summed E-state index contributed by atoms with van der Waals surface area (Å²) in [7, 11) is 0. The maximum atomic E-state index is 12.9. The van der Waals surface area contributed by atoms with E-state index in [0.29, 0.717) is 27.4 Å². The quantitative estimate of drug-likeness (QED) is 0.471. The standard InChI is InChI=1S/C21H13ClN2O2S/c22-15-7-9-17(16(11-15)20(25)13-4-2-1-3-5-13)24-21(26)14-6-8-18-19(10-14)27-12-23-18/h1-12H,(H,24,26). The van der Waals surface area contributed by atoms with Gasteiger partial charge >= 0.3 is 0 Å². The van der Waals surface area contributed by atoms with Crippen molar-refractivity contribution in [3.63, 3.8) is 0 Å². The van der Waals surface area contributed by atoms with Crippen molar-refractivity contribution in [3.05, 3.63) is 94.0 Å². The van der Waals surface area contributed by atoms with Crippen LogP contribution < -0.4 is 5.32 Å². The monoisotopic (exact) mass is 392 g/mol. The summed E-state index contributed by atoms with van der Waals surface area (Å²) in [6.07, 6.45) is 0. The first kappa shape index (κ1) is 17.4. The van der Waals surface area contributed by atoms with Crippen LogP contribution in [0.5, 0.6) is 0 Å². The lowest BCUT2D eigenvalue weighted by molar-refractivity contribution is 0.102. The smallest absolute Gasteiger partial charge is 0.255 e. The predicted molar refractivity (Wildman–Crippen MR) is 109 cm³/mol. The summed E-state index contributed by atoms with van der Waals surface area (Å²) in [5, 5.41) is 3.26. The number of hydrogen-bond donors (Lipinski definition) is 1. The molecule has 0 aliphatic rings. The second-order valence-corrected chi connectivity index (χ2v) is 7.20. The number of carbonyl (C=O) groups is 2. The summed E-state index contributed by atoms with van der Waals surface area (Å²) in [6, 6.07) is 19.0. The molecule has 0 saturated carbocycles. The molecule has 4 rings (SSSR count). The van der Waals surface area contributed by atoms with Gasteiger partial charge in [-0.1, -0.05) is 41.9 Å². The molecule has 0 atom stereocenters. The maximum Gasteiger partial charge on any atom is 0.255 e. The number of nitrogens with one attached hydrogen (secondary N) is 1. The molecule has 0 saturated heterocycles. The topological polar surface area (TPSA) is 59.1 Å². The Morgan fingerprint density at radius 1 is 0.926 bits per heavy atom. The van der Waals surface area contributed by atoms with Crippen molar-refractivity contribution >= 4 is 50.5 Å². The normalized spacial score (nSPS) is 10.7. The number of ketones is 1. The van der Waals surface area contributed by atoms with Gasteiger partial charge in [-0.15, -0.1) is 11.3 Å². The molecule has 0 fully saturated rings. The number of nitrogens with zero attached hydrogens (tertiary/aromatic N) is 1. The van der Waals surface area contributed by atoms with Crippen LogP contribution in [0.4, 0.5) is 5.69 Å². The van der Waals surface area contributed by atoms with Gasteiger partial charge in [-0.3, -0.25) is 9.59 Å². The van der Waals surface area contributed by atoms with E-state index in [2.05, 4.69) is 10.3 Å². The van der Waals surface area contributed by atoms with Crippen LogP contribution in [0.3, 0.4) is 0 Å². The lowest BCUT2D eigenvalue weighted by Gasteiger charge is -2.11. The Hall–Kier alpha value is -3.02. The first-order valence-electron chi connectivity index (χ1n) is 8.16. The van der Waals surface area contributed by atoms with Crippen molar-refractivity contribution in [2.75, 3.05) is 5.32 Å². The Morgan fingerprint density at radius 2 is 1.74 bits per heavy atom. The van der Waals surface area contributed by atoms with Gasteiger partial charge in [-0.2, -0.15) is 0 Å². The van der Waals surface area contributed by atoms with Crippen molar-refractivity contribution in [1.82, 2.24) is 4.98 Å². The van der Waals surface area contributed by atoms with Crippen LogP contribution in [0.25, 0.3) is 10.2 Å². The number of anilines is 1. The molecule has 0 radical (unpaired) electrons. The second-order valence-electron chi connectivity index (χ2n) is 5.87. The van der Waals surface area contributed by atoms with E-state index >= 15 is 0 Å². The zero-order chi connectivity index (χ0) is 18.8. The molecule has 27 heavy (non-hydrogen) atoms. The molecule has 0 bridgehead atoms. The number of amides is 1. The number of rotatable bonds is 4. The van der Waals surface area contributed by atoms with Crippen LogP contribution in [0.15, 0.2) is 72.2 Å². The van der Waals surface area contributed by atoms with Crippen LogP contribution in [-0.2, 0) is 0 Å². The van der Waals surface area contributed by atoms with Gasteiger partial charge in [0.2, 0.25) is 0 Å². The Balaban J connectivity index is 1.67. The van der Waals surface area contributed by atoms with Crippen LogP contribution in [0.1, 0.15) is 26.3 Å². The fourth-order valence-corrected chi connectivity index (χ4v) is 3.64. The number of thiazole rings is 1. The van der Waals surface area contributed by atoms with Crippen molar-refractivity contribution in [1.29, 1.82) is 0 Å². The molecule has 4 nitrogen and oxygen atoms in total. The maximum absolute atomic E-state index is 12.9. The molecule has 3 aromatic carbocycles. The van der Waals surface area contributed by atoms with E-state index in [4.69, 9.17) is 11.6 Å². The molecule has 4 aromatic rings. The highest BCUT2D eigenvalue weighted by atomic mass is 35.5. The lowest BCUT2D eigenvalue weighted by Crippen LogP contribution is -2.15. The summed E-state index contributed by atoms with van der Waals surface area (Å²) in [5.41, 5.74) is 4.38. The fraction of sp³-hybridized carbons (Fsp3) is 0. The van der Waals surface area contributed by atoms with Gasteiger partial charge in [0.1, 0.15) is 0 Å². The molecule has 1 N–H and O–H groups in total. The molecular weight excluding hydrogens is 380 g/mol. The third kappa shape index (κ3) is 3.60. The molecular formula is C21H13ClN2O2S. The Bertz CT molecular complexity index is 1160. The number of aromatic nitrogens is 1. The molecule has 1 aromatic heterocycles. The van der Waals surface area contributed by atoms with E-state index in [1.807, 2.05) is 6.07 Å². The molecule has 0 unspecified atom stereocenters. The Kier molecular flexibility index (Phi) is 4.71. The van der Waals surface area contributed by atoms with Crippen LogP contribution >= 0.6 is 22.9 Å².